The van der Waals surface area contributed by atoms with Crippen LogP contribution in [-0.4, -0.2) is 28.8 Å². The number of hydrogen-bond acceptors (Lipinski definition) is 2. The molecule has 5 heteroatoms. The summed E-state index contributed by atoms with van der Waals surface area (Å²) in [5.74, 6) is -0.0786. The summed E-state index contributed by atoms with van der Waals surface area (Å²) in [6, 6.07) is 15.2. The molecule has 0 radical (unpaired) electrons. The van der Waals surface area contributed by atoms with Gasteiger partial charge >= 0.3 is 0 Å². The highest BCUT2D eigenvalue weighted by atomic mass is 35.5. The fourth-order valence-electron chi connectivity index (χ4n) is 4.23. The predicted octanol–water partition coefficient (Wildman–Crippen LogP) is 5.45. The topological polar surface area (TPSA) is 49.4 Å². The molecule has 1 N–H and O–H groups in total. The van der Waals surface area contributed by atoms with Gasteiger partial charge in [0.2, 0.25) is 11.8 Å². The van der Waals surface area contributed by atoms with Gasteiger partial charge < -0.3 is 10.2 Å². The lowest BCUT2D eigenvalue weighted by Gasteiger charge is -2.33. The fraction of sp³-hybridized carbons (Fsp3) is 0.462. The Kier molecular flexibility index (Phi) is 8.53. The molecule has 0 aromatic heterocycles. The van der Waals surface area contributed by atoms with E-state index in [2.05, 4.69) is 5.32 Å². The number of rotatable bonds is 8. The first-order chi connectivity index (χ1) is 15.0. The number of carbonyl (C=O) groups is 2. The Labute approximate surface area is 191 Å². The highest BCUT2D eigenvalue weighted by Gasteiger charge is 2.30. The summed E-state index contributed by atoms with van der Waals surface area (Å²) >= 11 is 6.03. The van der Waals surface area contributed by atoms with Crippen LogP contribution in [0.2, 0.25) is 5.02 Å². The highest BCUT2D eigenvalue weighted by molar-refractivity contribution is 6.30. The van der Waals surface area contributed by atoms with Crippen molar-refractivity contribution >= 4 is 23.4 Å². The van der Waals surface area contributed by atoms with Crippen molar-refractivity contribution in [3.8, 4) is 0 Å². The monoisotopic (exact) mass is 440 g/mol. The molecule has 4 nitrogen and oxygen atoms in total. The molecule has 1 unspecified atom stereocenters. The third-order valence-corrected chi connectivity index (χ3v) is 6.33. The molecule has 1 aliphatic carbocycles. The number of benzene rings is 2. The molecule has 1 fully saturated rings. The fourth-order valence-corrected chi connectivity index (χ4v) is 4.36. The lowest BCUT2D eigenvalue weighted by molar-refractivity contribution is -0.141. The molecule has 2 aromatic rings. The van der Waals surface area contributed by atoms with Crippen molar-refractivity contribution in [2.45, 2.75) is 77.4 Å². The summed E-state index contributed by atoms with van der Waals surface area (Å²) < 4.78 is 0. The first-order valence-corrected chi connectivity index (χ1v) is 11.7. The molecule has 0 heterocycles. The Morgan fingerprint density at radius 1 is 1.00 bits per heavy atom. The van der Waals surface area contributed by atoms with E-state index >= 15 is 0 Å². The van der Waals surface area contributed by atoms with Crippen molar-refractivity contribution in [3.05, 3.63) is 70.2 Å². The second-order valence-corrected chi connectivity index (χ2v) is 9.01. The number of nitrogens with zero attached hydrogens (tertiary/aromatic N) is 1. The molecule has 2 amide bonds. The van der Waals surface area contributed by atoms with Gasteiger partial charge in [0.25, 0.3) is 0 Å². The maximum Gasteiger partial charge on any atom is 0.243 e. The summed E-state index contributed by atoms with van der Waals surface area (Å²) in [4.78, 5) is 28.3. The Bertz CT molecular complexity index is 858. The van der Waals surface area contributed by atoms with Gasteiger partial charge in [0.15, 0.2) is 0 Å². The van der Waals surface area contributed by atoms with Crippen LogP contribution in [0.15, 0.2) is 48.5 Å². The van der Waals surface area contributed by atoms with Gasteiger partial charge in [0.05, 0.1) is 6.42 Å². The minimum absolute atomic E-state index is 0.0375. The van der Waals surface area contributed by atoms with E-state index in [9.17, 15) is 9.59 Å². The number of hydrogen-bond donors (Lipinski definition) is 1. The minimum atomic E-state index is -0.490. The van der Waals surface area contributed by atoms with Crippen LogP contribution in [0.3, 0.4) is 0 Å². The summed E-state index contributed by atoms with van der Waals surface area (Å²) in [5.41, 5.74) is 3.08. The van der Waals surface area contributed by atoms with Gasteiger partial charge in [-0.15, -0.1) is 0 Å². The zero-order valence-electron chi connectivity index (χ0n) is 18.6. The van der Waals surface area contributed by atoms with Crippen LogP contribution in [0, 0.1) is 6.92 Å². The van der Waals surface area contributed by atoms with Crippen molar-refractivity contribution in [1.82, 2.24) is 10.2 Å². The number of halogens is 1. The van der Waals surface area contributed by atoms with Crippen molar-refractivity contribution < 1.29 is 9.59 Å². The van der Waals surface area contributed by atoms with Crippen molar-refractivity contribution in [1.29, 1.82) is 0 Å². The maximum atomic E-state index is 13.4. The van der Waals surface area contributed by atoms with Crippen LogP contribution in [0.4, 0.5) is 0 Å². The zero-order valence-corrected chi connectivity index (χ0v) is 19.3. The van der Waals surface area contributed by atoms with Crippen LogP contribution in [0.1, 0.15) is 62.1 Å². The predicted molar refractivity (Wildman–Crippen MR) is 126 cm³/mol. The second-order valence-electron chi connectivity index (χ2n) is 8.58. The molecule has 166 valence electrons. The summed E-state index contributed by atoms with van der Waals surface area (Å²) in [5, 5.41) is 3.87. The molecule has 0 saturated heterocycles. The van der Waals surface area contributed by atoms with E-state index in [1.807, 2.05) is 62.4 Å². The van der Waals surface area contributed by atoms with Crippen LogP contribution in [-0.2, 0) is 22.6 Å². The third kappa shape index (κ3) is 6.83. The molecule has 0 spiro atoms. The first-order valence-electron chi connectivity index (χ1n) is 11.4. The number of nitrogens with one attached hydrogen (secondary N) is 1. The average molecular weight is 441 g/mol. The maximum absolute atomic E-state index is 13.4. The normalized spacial score (nSPS) is 15.3. The summed E-state index contributed by atoms with van der Waals surface area (Å²) in [6.45, 7) is 4.39. The summed E-state index contributed by atoms with van der Waals surface area (Å²) in [6.07, 6.45) is 6.45. The Morgan fingerprint density at radius 2 is 1.61 bits per heavy atom. The van der Waals surface area contributed by atoms with Gasteiger partial charge in [0, 0.05) is 17.6 Å². The largest absolute Gasteiger partial charge is 0.352 e. The Balaban J connectivity index is 1.79. The first kappa shape index (κ1) is 23.3. The molecule has 1 atom stereocenters. The molecule has 0 aliphatic heterocycles. The molecular weight excluding hydrogens is 408 g/mol. The molecule has 1 aliphatic rings. The Morgan fingerprint density at radius 3 is 2.23 bits per heavy atom. The standard InChI is InChI=1S/C26H33ClN2O2/c1-3-24(26(31)28-23-7-5-4-6-8-23)29(18-21-13-15-22(27)16-14-21)25(30)17-20-11-9-19(2)10-12-20/h9-16,23-24H,3-8,17-18H2,1-2H3,(H,28,31). The minimum Gasteiger partial charge on any atom is -0.352 e. The second kappa shape index (κ2) is 11.3. The van der Waals surface area contributed by atoms with Crippen LogP contribution >= 0.6 is 11.6 Å². The number of amides is 2. The van der Waals surface area contributed by atoms with Crippen molar-refractivity contribution in [2.24, 2.45) is 0 Å². The Hall–Kier alpha value is -2.33. The zero-order chi connectivity index (χ0) is 22.2. The van der Waals surface area contributed by atoms with E-state index in [4.69, 9.17) is 11.6 Å². The van der Waals surface area contributed by atoms with Gasteiger partial charge in [-0.3, -0.25) is 9.59 Å². The van der Waals surface area contributed by atoms with Crippen LogP contribution < -0.4 is 5.32 Å². The molecule has 3 rings (SSSR count). The molecule has 0 bridgehead atoms. The summed E-state index contributed by atoms with van der Waals surface area (Å²) in [7, 11) is 0. The average Bonchev–Trinajstić information content (AvgIpc) is 2.77. The van der Waals surface area contributed by atoms with E-state index in [0.717, 1.165) is 42.4 Å². The third-order valence-electron chi connectivity index (χ3n) is 6.08. The smallest absolute Gasteiger partial charge is 0.243 e. The quantitative estimate of drug-likeness (QED) is 0.593. The van der Waals surface area contributed by atoms with Gasteiger partial charge in [-0.1, -0.05) is 79.7 Å². The van der Waals surface area contributed by atoms with Gasteiger partial charge in [0.1, 0.15) is 6.04 Å². The lowest BCUT2D eigenvalue weighted by Crippen LogP contribution is -2.51. The van der Waals surface area contributed by atoms with Gasteiger partial charge in [-0.05, 0) is 49.4 Å². The van der Waals surface area contributed by atoms with E-state index in [1.165, 1.54) is 6.42 Å². The number of carbonyl (C=O) groups excluding carboxylic acids is 2. The van der Waals surface area contributed by atoms with Crippen LogP contribution in [0.25, 0.3) is 0 Å². The SMILES string of the molecule is CCC(C(=O)NC1CCCCC1)N(Cc1ccc(Cl)cc1)C(=O)Cc1ccc(C)cc1. The van der Waals surface area contributed by atoms with Crippen molar-refractivity contribution in [2.75, 3.05) is 0 Å². The lowest BCUT2D eigenvalue weighted by atomic mass is 9.95. The van der Waals surface area contributed by atoms with E-state index in [0.29, 0.717) is 18.0 Å². The van der Waals surface area contributed by atoms with Gasteiger partial charge in [-0.25, -0.2) is 0 Å². The molecule has 31 heavy (non-hydrogen) atoms. The van der Waals surface area contributed by atoms with E-state index in [-0.39, 0.29) is 24.3 Å². The van der Waals surface area contributed by atoms with Crippen LogP contribution in [0.5, 0.6) is 0 Å². The van der Waals surface area contributed by atoms with Gasteiger partial charge in [-0.2, -0.15) is 0 Å². The molecular formula is C26H33ClN2O2. The van der Waals surface area contributed by atoms with E-state index in [1.54, 1.807) is 4.90 Å². The molecule has 1 saturated carbocycles. The van der Waals surface area contributed by atoms with E-state index < -0.39 is 6.04 Å². The molecule has 2 aromatic carbocycles. The van der Waals surface area contributed by atoms with Crippen molar-refractivity contribution in [3.63, 3.8) is 0 Å². The number of aryl methyl sites for hydroxylation is 1. The highest BCUT2D eigenvalue weighted by Crippen LogP contribution is 2.20.